The van der Waals surface area contributed by atoms with Crippen LogP contribution in [0.3, 0.4) is 0 Å². The third-order valence-electron chi connectivity index (χ3n) is 2.73. The average Bonchev–Trinajstić information content (AvgIpc) is 2.81. The van der Waals surface area contributed by atoms with Gasteiger partial charge in [-0.05, 0) is 13.8 Å². The van der Waals surface area contributed by atoms with E-state index in [2.05, 4.69) is 10.4 Å². The summed E-state index contributed by atoms with van der Waals surface area (Å²) in [6, 6.07) is 4.67. The largest absolute Gasteiger partial charge is 0.491 e. The Morgan fingerprint density at radius 1 is 1.43 bits per heavy atom. The lowest BCUT2D eigenvalue weighted by molar-refractivity contribution is -0.384. The number of nitro benzene ring substituents is 1. The fourth-order valence-corrected chi connectivity index (χ4v) is 1.90. The SMILES string of the molecule is CC(C)Oc1cc(NCc2cnn(C)c2)cc([N+](=O)[O-])c1. The van der Waals surface area contributed by atoms with Crippen LogP contribution in [-0.2, 0) is 13.6 Å². The van der Waals surface area contributed by atoms with E-state index in [1.54, 1.807) is 16.9 Å². The number of ether oxygens (including phenoxy) is 1. The first-order valence-corrected chi connectivity index (χ1v) is 6.61. The number of aryl methyl sites for hydroxylation is 1. The Kier molecular flexibility index (Phi) is 4.42. The van der Waals surface area contributed by atoms with Gasteiger partial charge in [-0.1, -0.05) is 0 Å². The van der Waals surface area contributed by atoms with Gasteiger partial charge in [-0.3, -0.25) is 14.8 Å². The topological polar surface area (TPSA) is 82.2 Å². The first-order chi connectivity index (χ1) is 9.94. The molecule has 0 amide bonds. The number of hydrogen-bond acceptors (Lipinski definition) is 5. The van der Waals surface area contributed by atoms with Crippen LogP contribution in [0.2, 0.25) is 0 Å². The molecular formula is C14H18N4O3. The van der Waals surface area contributed by atoms with Gasteiger partial charge in [0, 0.05) is 43.2 Å². The third kappa shape index (κ3) is 4.20. The molecule has 0 saturated carbocycles. The molecule has 1 aromatic carbocycles. The molecule has 21 heavy (non-hydrogen) atoms. The van der Waals surface area contributed by atoms with E-state index in [0.717, 1.165) is 5.56 Å². The average molecular weight is 290 g/mol. The number of anilines is 1. The van der Waals surface area contributed by atoms with Crippen LogP contribution < -0.4 is 10.1 Å². The summed E-state index contributed by atoms with van der Waals surface area (Å²) in [5.74, 6) is 0.480. The maximum Gasteiger partial charge on any atom is 0.275 e. The predicted molar refractivity (Wildman–Crippen MR) is 79.4 cm³/mol. The van der Waals surface area contributed by atoms with Gasteiger partial charge in [0.25, 0.3) is 5.69 Å². The van der Waals surface area contributed by atoms with Crippen molar-refractivity contribution >= 4 is 11.4 Å². The van der Waals surface area contributed by atoms with Gasteiger partial charge in [0.2, 0.25) is 0 Å². The molecule has 1 aromatic heterocycles. The zero-order valence-corrected chi connectivity index (χ0v) is 12.2. The molecule has 2 rings (SSSR count). The molecule has 0 atom stereocenters. The number of aromatic nitrogens is 2. The second kappa shape index (κ2) is 6.25. The van der Waals surface area contributed by atoms with Crippen molar-refractivity contribution in [2.24, 2.45) is 7.05 Å². The molecule has 7 heteroatoms. The van der Waals surface area contributed by atoms with Gasteiger partial charge in [0.15, 0.2) is 0 Å². The van der Waals surface area contributed by atoms with Crippen LogP contribution in [0.25, 0.3) is 0 Å². The number of non-ortho nitro benzene ring substituents is 1. The Morgan fingerprint density at radius 2 is 2.19 bits per heavy atom. The maximum atomic E-state index is 11.0. The van der Waals surface area contributed by atoms with E-state index in [1.165, 1.54) is 12.1 Å². The molecule has 1 N–H and O–H groups in total. The Hall–Kier alpha value is -2.57. The monoisotopic (exact) mass is 290 g/mol. The van der Waals surface area contributed by atoms with Gasteiger partial charge < -0.3 is 10.1 Å². The van der Waals surface area contributed by atoms with Gasteiger partial charge in [-0.2, -0.15) is 5.10 Å². The Bertz CT molecular complexity index is 637. The van der Waals surface area contributed by atoms with Crippen LogP contribution >= 0.6 is 0 Å². The second-order valence-electron chi connectivity index (χ2n) is 5.02. The van der Waals surface area contributed by atoms with E-state index in [1.807, 2.05) is 27.1 Å². The van der Waals surface area contributed by atoms with Crippen LogP contribution in [0.15, 0.2) is 30.6 Å². The number of nitrogens with zero attached hydrogens (tertiary/aromatic N) is 3. The van der Waals surface area contributed by atoms with Crippen LogP contribution in [-0.4, -0.2) is 20.8 Å². The third-order valence-corrected chi connectivity index (χ3v) is 2.73. The second-order valence-corrected chi connectivity index (χ2v) is 5.02. The number of nitrogens with one attached hydrogen (secondary N) is 1. The number of rotatable bonds is 6. The number of nitro groups is 1. The molecule has 0 saturated heterocycles. The number of hydrogen-bond donors (Lipinski definition) is 1. The first kappa shape index (κ1) is 14.8. The van der Waals surface area contributed by atoms with Crippen molar-refractivity contribution in [3.8, 4) is 5.75 Å². The molecule has 1 heterocycles. The van der Waals surface area contributed by atoms with Gasteiger partial charge >= 0.3 is 0 Å². The summed E-state index contributed by atoms with van der Waals surface area (Å²) >= 11 is 0. The van der Waals surface area contributed by atoms with Gasteiger partial charge in [-0.25, -0.2) is 0 Å². The lowest BCUT2D eigenvalue weighted by Gasteiger charge is -2.12. The van der Waals surface area contributed by atoms with E-state index in [-0.39, 0.29) is 11.8 Å². The van der Waals surface area contributed by atoms with Crippen molar-refractivity contribution in [3.63, 3.8) is 0 Å². The van der Waals surface area contributed by atoms with E-state index in [9.17, 15) is 10.1 Å². The molecule has 0 unspecified atom stereocenters. The van der Waals surface area contributed by atoms with Crippen LogP contribution in [0, 0.1) is 10.1 Å². The quantitative estimate of drug-likeness (QED) is 0.653. The highest BCUT2D eigenvalue weighted by Gasteiger charge is 2.11. The molecule has 2 aromatic rings. The smallest absolute Gasteiger partial charge is 0.275 e. The summed E-state index contributed by atoms with van der Waals surface area (Å²) in [5, 5.41) is 18.2. The minimum Gasteiger partial charge on any atom is -0.491 e. The van der Waals surface area contributed by atoms with Gasteiger partial charge in [-0.15, -0.1) is 0 Å². The summed E-state index contributed by atoms with van der Waals surface area (Å²) in [7, 11) is 1.84. The lowest BCUT2D eigenvalue weighted by Crippen LogP contribution is -2.07. The molecule has 0 fully saturated rings. The highest BCUT2D eigenvalue weighted by Crippen LogP contribution is 2.27. The van der Waals surface area contributed by atoms with E-state index >= 15 is 0 Å². The summed E-state index contributed by atoms with van der Waals surface area (Å²) in [6.07, 6.45) is 3.59. The van der Waals surface area contributed by atoms with Crippen molar-refractivity contribution in [2.75, 3.05) is 5.32 Å². The first-order valence-electron chi connectivity index (χ1n) is 6.61. The minimum atomic E-state index is -0.428. The minimum absolute atomic E-state index is 0.00170. The molecular weight excluding hydrogens is 272 g/mol. The van der Waals surface area contributed by atoms with Crippen molar-refractivity contribution in [2.45, 2.75) is 26.5 Å². The standard InChI is InChI=1S/C14H18N4O3/c1-10(2)21-14-5-12(4-13(6-14)18(19)20)15-7-11-8-16-17(3)9-11/h4-6,8-10,15H,7H2,1-3H3. The van der Waals surface area contributed by atoms with Crippen molar-refractivity contribution in [1.82, 2.24) is 9.78 Å². The molecule has 0 radical (unpaired) electrons. The van der Waals surface area contributed by atoms with E-state index < -0.39 is 4.92 Å². The molecule has 0 aliphatic rings. The Balaban J connectivity index is 2.16. The highest BCUT2D eigenvalue weighted by atomic mass is 16.6. The van der Waals surface area contributed by atoms with Crippen LogP contribution in [0.5, 0.6) is 5.75 Å². The normalized spacial score (nSPS) is 10.7. The van der Waals surface area contributed by atoms with Gasteiger partial charge in [0.05, 0.1) is 23.3 Å². The molecule has 0 spiro atoms. The van der Waals surface area contributed by atoms with E-state index in [0.29, 0.717) is 18.0 Å². The molecule has 0 bridgehead atoms. The van der Waals surface area contributed by atoms with Gasteiger partial charge in [0.1, 0.15) is 5.75 Å². The summed E-state index contributed by atoms with van der Waals surface area (Å²) in [5.41, 5.74) is 1.64. The fraction of sp³-hybridized carbons (Fsp3) is 0.357. The van der Waals surface area contributed by atoms with Crippen LogP contribution in [0.4, 0.5) is 11.4 Å². The Labute approximate surface area is 122 Å². The summed E-state index contributed by atoms with van der Waals surface area (Å²) in [4.78, 5) is 10.5. The highest BCUT2D eigenvalue weighted by molar-refractivity contribution is 5.56. The maximum absolute atomic E-state index is 11.0. The fourth-order valence-electron chi connectivity index (χ4n) is 1.90. The zero-order valence-electron chi connectivity index (χ0n) is 12.2. The summed E-state index contributed by atoms with van der Waals surface area (Å²) in [6.45, 7) is 4.29. The zero-order chi connectivity index (χ0) is 15.4. The molecule has 7 nitrogen and oxygen atoms in total. The van der Waals surface area contributed by atoms with Crippen LogP contribution in [0.1, 0.15) is 19.4 Å². The molecule has 0 aliphatic carbocycles. The Morgan fingerprint density at radius 3 is 2.76 bits per heavy atom. The molecule has 0 aliphatic heterocycles. The van der Waals surface area contributed by atoms with Crippen molar-refractivity contribution in [1.29, 1.82) is 0 Å². The lowest BCUT2D eigenvalue weighted by atomic mass is 10.2. The predicted octanol–water partition coefficient (Wildman–Crippen LogP) is 2.73. The summed E-state index contributed by atoms with van der Waals surface area (Å²) < 4.78 is 7.25. The van der Waals surface area contributed by atoms with Crippen molar-refractivity contribution in [3.05, 3.63) is 46.3 Å². The number of benzene rings is 1. The van der Waals surface area contributed by atoms with E-state index in [4.69, 9.17) is 4.74 Å². The van der Waals surface area contributed by atoms with Crippen molar-refractivity contribution < 1.29 is 9.66 Å². The molecule has 112 valence electrons.